The van der Waals surface area contributed by atoms with Crippen molar-refractivity contribution in [1.82, 2.24) is 0 Å². The van der Waals surface area contributed by atoms with E-state index in [2.05, 4.69) is 20.7 Å². The second-order valence-corrected chi connectivity index (χ2v) is 4.90. The van der Waals surface area contributed by atoms with Crippen molar-refractivity contribution in [1.29, 1.82) is 0 Å². The van der Waals surface area contributed by atoms with Crippen LogP contribution in [0.5, 0.6) is 5.75 Å². The lowest BCUT2D eigenvalue weighted by Crippen LogP contribution is -2.21. The molecule has 1 aromatic carbocycles. The summed E-state index contributed by atoms with van der Waals surface area (Å²) in [7, 11) is 0. The normalized spacial score (nSPS) is 13.4. The van der Waals surface area contributed by atoms with Crippen LogP contribution in [0.4, 0.5) is 13.2 Å². The highest BCUT2D eigenvalue weighted by Gasteiger charge is 2.28. The number of alkyl halides is 3. The first-order chi connectivity index (χ1) is 8.31. The molecule has 0 heterocycles. The number of rotatable bonds is 5. The summed E-state index contributed by atoms with van der Waals surface area (Å²) in [5.41, 5.74) is 6.78. The highest BCUT2D eigenvalue weighted by molar-refractivity contribution is 9.10. The molecule has 102 valence electrons. The van der Waals surface area contributed by atoms with Crippen LogP contribution in [0.3, 0.4) is 0 Å². The van der Waals surface area contributed by atoms with Gasteiger partial charge in [-0.25, -0.2) is 0 Å². The van der Waals surface area contributed by atoms with Gasteiger partial charge in [-0.15, -0.1) is 0 Å². The highest BCUT2D eigenvalue weighted by atomic mass is 79.9. The lowest BCUT2D eigenvalue weighted by atomic mass is 10.0. The third-order valence-electron chi connectivity index (χ3n) is 2.41. The lowest BCUT2D eigenvalue weighted by Gasteiger charge is -2.13. The third-order valence-corrected chi connectivity index (χ3v) is 3.03. The van der Waals surface area contributed by atoms with Crippen molar-refractivity contribution in [2.45, 2.75) is 32.0 Å². The molecule has 2 N–H and O–H groups in total. The van der Waals surface area contributed by atoms with Gasteiger partial charge in [-0.1, -0.05) is 13.0 Å². The van der Waals surface area contributed by atoms with E-state index in [0.29, 0.717) is 10.9 Å². The topological polar surface area (TPSA) is 35.2 Å². The molecule has 2 nitrogen and oxygen atoms in total. The molecule has 0 bridgehead atoms. The highest BCUT2D eigenvalue weighted by Crippen LogP contribution is 2.28. The van der Waals surface area contributed by atoms with Gasteiger partial charge in [0.05, 0.1) is 4.47 Å². The zero-order valence-corrected chi connectivity index (χ0v) is 11.5. The smallest absolute Gasteiger partial charge is 0.422 e. The van der Waals surface area contributed by atoms with Crippen LogP contribution in [-0.4, -0.2) is 18.8 Å². The average Bonchev–Trinajstić information content (AvgIpc) is 2.26. The van der Waals surface area contributed by atoms with Crippen molar-refractivity contribution in [2.75, 3.05) is 6.61 Å². The van der Waals surface area contributed by atoms with E-state index in [9.17, 15) is 13.2 Å². The van der Waals surface area contributed by atoms with E-state index < -0.39 is 12.8 Å². The van der Waals surface area contributed by atoms with E-state index in [0.717, 1.165) is 12.0 Å². The first kappa shape index (κ1) is 15.3. The number of nitrogens with two attached hydrogens (primary N) is 1. The van der Waals surface area contributed by atoms with E-state index in [1.807, 2.05) is 6.92 Å². The van der Waals surface area contributed by atoms with Gasteiger partial charge >= 0.3 is 6.18 Å². The van der Waals surface area contributed by atoms with E-state index in [1.165, 1.54) is 6.07 Å². The minimum Gasteiger partial charge on any atom is -0.483 e. The van der Waals surface area contributed by atoms with Crippen LogP contribution in [0, 0.1) is 0 Å². The van der Waals surface area contributed by atoms with Crippen molar-refractivity contribution in [2.24, 2.45) is 5.73 Å². The Labute approximate surface area is 112 Å². The first-order valence-corrected chi connectivity index (χ1v) is 6.34. The van der Waals surface area contributed by atoms with Crippen molar-refractivity contribution >= 4 is 15.9 Å². The SMILES string of the molecule is CCC(N)Cc1ccc(OCC(F)(F)F)c(Br)c1. The summed E-state index contributed by atoms with van der Waals surface area (Å²) in [5.74, 6) is 0.182. The Hall–Kier alpha value is -0.750. The minimum absolute atomic E-state index is 0.0545. The summed E-state index contributed by atoms with van der Waals surface area (Å²) < 4.78 is 41.2. The molecule has 0 radical (unpaired) electrons. The fraction of sp³-hybridized carbons (Fsp3) is 0.500. The molecule has 1 aromatic rings. The monoisotopic (exact) mass is 325 g/mol. The van der Waals surface area contributed by atoms with Crippen molar-refractivity contribution in [3.63, 3.8) is 0 Å². The Morgan fingerprint density at radius 3 is 2.56 bits per heavy atom. The largest absolute Gasteiger partial charge is 0.483 e. The summed E-state index contributed by atoms with van der Waals surface area (Å²) >= 11 is 3.19. The van der Waals surface area contributed by atoms with Crippen molar-refractivity contribution < 1.29 is 17.9 Å². The van der Waals surface area contributed by atoms with E-state index in [4.69, 9.17) is 5.73 Å². The quantitative estimate of drug-likeness (QED) is 0.896. The second-order valence-electron chi connectivity index (χ2n) is 4.04. The maximum atomic E-state index is 12.0. The lowest BCUT2D eigenvalue weighted by molar-refractivity contribution is -0.153. The molecule has 6 heteroatoms. The van der Waals surface area contributed by atoms with Crippen LogP contribution in [0.2, 0.25) is 0 Å². The van der Waals surface area contributed by atoms with Gasteiger partial charge in [-0.2, -0.15) is 13.2 Å². The molecule has 0 saturated heterocycles. The average molecular weight is 326 g/mol. The van der Waals surface area contributed by atoms with E-state index in [1.54, 1.807) is 12.1 Å². The Balaban J connectivity index is 2.68. The Bertz CT molecular complexity index is 395. The first-order valence-electron chi connectivity index (χ1n) is 5.55. The molecule has 1 unspecified atom stereocenters. The number of halogens is 4. The van der Waals surface area contributed by atoms with E-state index >= 15 is 0 Å². The standard InChI is InChI=1S/C12H15BrF3NO/c1-2-9(17)5-8-3-4-11(10(13)6-8)18-7-12(14,15)16/h3-4,6,9H,2,5,7,17H2,1H3. The molecular formula is C12H15BrF3NO. The Morgan fingerprint density at radius 1 is 1.39 bits per heavy atom. The van der Waals surface area contributed by atoms with Crippen LogP contribution >= 0.6 is 15.9 Å². The molecule has 0 spiro atoms. The number of ether oxygens (including phenoxy) is 1. The number of hydrogen-bond acceptors (Lipinski definition) is 2. The van der Waals surface area contributed by atoms with Crippen molar-refractivity contribution in [3.8, 4) is 5.75 Å². The van der Waals surface area contributed by atoms with Gasteiger partial charge < -0.3 is 10.5 Å². The predicted octanol–water partition coefficient (Wildman–Crippen LogP) is 3.67. The summed E-state index contributed by atoms with van der Waals surface area (Å²) in [6.45, 7) is 0.694. The Kier molecular flexibility index (Phi) is 5.47. The van der Waals surface area contributed by atoms with Crippen LogP contribution in [-0.2, 0) is 6.42 Å². The second kappa shape index (κ2) is 6.43. The predicted molar refractivity (Wildman–Crippen MR) is 67.7 cm³/mol. The van der Waals surface area contributed by atoms with Crippen molar-refractivity contribution in [3.05, 3.63) is 28.2 Å². The van der Waals surface area contributed by atoms with Gasteiger partial charge in [-0.05, 0) is 46.5 Å². The van der Waals surface area contributed by atoms with Gasteiger partial charge in [0.2, 0.25) is 0 Å². The number of hydrogen-bond donors (Lipinski definition) is 1. The molecule has 0 aromatic heterocycles. The summed E-state index contributed by atoms with van der Waals surface area (Å²) in [4.78, 5) is 0. The van der Waals surface area contributed by atoms with Crippen LogP contribution < -0.4 is 10.5 Å². The fourth-order valence-corrected chi connectivity index (χ4v) is 1.94. The zero-order chi connectivity index (χ0) is 13.8. The third kappa shape index (κ3) is 5.27. The summed E-state index contributed by atoms with van der Waals surface area (Å²) in [6.07, 6.45) is -2.79. The maximum Gasteiger partial charge on any atom is 0.422 e. The molecular weight excluding hydrogens is 311 g/mol. The summed E-state index contributed by atoms with van der Waals surface area (Å²) in [6, 6.07) is 5.04. The molecule has 0 aliphatic carbocycles. The Morgan fingerprint density at radius 2 is 2.06 bits per heavy atom. The fourth-order valence-electron chi connectivity index (χ4n) is 1.40. The van der Waals surface area contributed by atoms with E-state index in [-0.39, 0.29) is 11.8 Å². The summed E-state index contributed by atoms with van der Waals surface area (Å²) in [5, 5.41) is 0. The molecule has 0 aliphatic heterocycles. The van der Waals surface area contributed by atoms with Gasteiger partial charge in [0.25, 0.3) is 0 Å². The molecule has 0 saturated carbocycles. The molecule has 0 amide bonds. The van der Waals surface area contributed by atoms with Crippen LogP contribution in [0.25, 0.3) is 0 Å². The molecule has 0 fully saturated rings. The van der Waals surface area contributed by atoms with Crippen LogP contribution in [0.1, 0.15) is 18.9 Å². The minimum atomic E-state index is -4.33. The molecule has 1 atom stereocenters. The van der Waals surface area contributed by atoms with Crippen LogP contribution in [0.15, 0.2) is 22.7 Å². The van der Waals surface area contributed by atoms with Gasteiger partial charge in [0.15, 0.2) is 6.61 Å². The molecule has 1 rings (SSSR count). The molecule has 18 heavy (non-hydrogen) atoms. The van der Waals surface area contributed by atoms with Gasteiger partial charge in [0.1, 0.15) is 5.75 Å². The zero-order valence-electron chi connectivity index (χ0n) is 9.93. The molecule has 0 aliphatic rings. The maximum absolute atomic E-state index is 12.0. The van der Waals surface area contributed by atoms with Gasteiger partial charge in [0, 0.05) is 6.04 Å². The number of benzene rings is 1. The van der Waals surface area contributed by atoms with Gasteiger partial charge in [-0.3, -0.25) is 0 Å².